The molecule has 0 aromatic heterocycles. The molecule has 1 aliphatic rings. The van der Waals surface area contributed by atoms with Gasteiger partial charge in [-0.3, -0.25) is 0 Å². The first-order valence-corrected chi connectivity index (χ1v) is 10.2. The summed E-state index contributed by atoms with van der Waals surface area (Å²) in [5, 5.41) is 2.94. The van der Waals surface area contributed by atoms with E-state index in [1.165, 1.54) is 18.2 Å². The van der Waals surface area contributed by atoms with Crippen molar-refractivity contribution in [2.24, 2.45) is 0 Å². The Hall–Kier alpha value is -2.45. The van der Waals surface area contributed by atoms with E-state index >= 15 is 0 Å². The molecule has 3 rings (SSSR count). The van der Waals surface area contributed by atoms with Crippen LogP contribution in [-0.2, 0) is 10.0 Å². The minimum Gasteiger partial charge on any atom is -0.448 e. The van der Waals surface area contributed by atoms with Gasteiger partial charge in [-0.25, -0.2) is 17.9 Å². The first-order chi connectivity index (χ1) is 12.8. The summed E-state index contributed by atoms with van der Waals surface area (Å²) in [6, 6.07) is 9.63. The molecule has 0 saturated carbocycles. The van der Waals surface area contributed by atoms with Gasteiger partial charge in [-0.05, 0) is 36.4 Å². The molecule has 1 aliphatic heterocycles. The van der Waals surface area contributed by atoms with Crippen molar-refractivity contribution in [2.45, 2.75) is 37.4 Å². The minimum atomic E-state index is -4.08. The van der Waals surface area contributed by atoms with Crippen molar-refractivity contribution in [3.63, 3.8) is 0 Å². The number of urea groups is 1. The molecule has 0 radical (unpaired) electrons. The van der Waals surface area contributed by atoms with Crippen LogP contribution in [0, 0.1) is 0 Å². The standard InChI is InChI=1S/C18H19ClN2O5S/c1-3-18(4-2)25-15-10-9-14(11-16(15)26-18)27(23,24)21-17(22)20-13-7-5-12(19)6-8-13/h5-11H,3-4H2,1-2H3,(H2,20,21,22). The van der Waals surface area contributed by atoms with Crippen LogP contribution in [0.3, 0.4) is 0 Å². The van der Waals surface area contributed by atoms with E-state index in [4.69, 9.17) is 21.1 Å². The van der Waals surface area contributed by atoms with Gasteiger partial charge in [-0.2, -0.15) is 0 Å². The zero-order chi connectivity index (χ0) is 19.7. The van der Waals surface area contributed by atoms with Gasteiger partial charge >= 0.3 is 6.03 Å². The molecule has 1 heterocycles. The smallest absolute Gasteiger partial charge is 0.333 e. The molecule has 0 fully saturated rings. The minimum absolute atomic E-state index is 0.0980. The van der Waals surface area contributed by atoms with E-state index in [1.54, 1.807) is 24.3 Å². The average Bonchev–Trinajstić information content (AvgIpc) is 3.02. The lowest BCUT2D eigenvalue weighted by Gasteiger charge is -2.24. The Bertz CT molecular complexity index is 956. The predicted molar refractivity (Wildman–Crippen MR) is 102 cm³/mol. The van der Waals surface area contributed by atoms with E-state index in [0.717, 1.165) is 0 Å². The Balaban J connectivity index is 1.74. The van der Waals surface area contributed by atoms with Crippen molar-refractivity contribution < 1.29 is 22.7 Å². The summed E-state index contributed by atoms with van der Waals surface area (Å²) in [5.74, 6) is 0.0207. The van der Waals surface area contributed by atoms with Gasteiger partial charge in [-0.1, -0.05) is 25.4 Å². The highest BCUT2D eigenvalue weighted by atomic mass is 35.5. The van der Waals surface area contributed by atoms with Crippen LogP contribution in [0.1, 0.15) is 26.7 Å². The monoisotopic (exact) mass is 410 g/mol. The lowest BCUT2D eigenvalue weighted by Crippen LogP contribution is -2.36. The lowest BCUT2D eigenvalue weighted by molar-refractivity contribution is -0.0843. The molecule has 0 unspecified atom stereocenters. The van der Waals surface area contributed by atoms with Gasteiger partial charge in [0.05, 0.1) is 4.90 Å². The first kappa shape index (κ1) is 19.3. The van der Waals surface area contributed by atoms with Gasteiger partial charge in [0.2, 0.25) is 0 Å². The Morgan fingerprint density at radius 1 is 1.04 bits per heavy atom. The molecule has 2 aromatic carbocycles. The summed E-state index contributed by atoms with van der Waals surface area (Å²) in [7, 11) is -4.08. The highest BCUT2D eigenvalue weighted by Crippen LogP contribution is 2.43. The van der Waals surface area contributed by atoms with E-state index in [0.29, 0.717) is 35.1 Å². The van der Waals surface area contributed by atoms with Gasteiger partial charge in [-0.15, -0.1) is 0 Å². The fraction of sp³-hybridized carbons (Fsp3) is 0.278. The van der Waals surface area contributed by atoms with Gasteiger partial charge in [0, 0.05) is 29.6 Å². The van der Waals surface area contributed by atoms with Crippen LogP contribution >= 0.6 is 11.6 Å². The predicted octanol–water partition coefficient (Wildman–Crippen LogP) is 4.14. The van der Waals surface area contributed by atoms with E-state index in [9.17, 15) is 13.2 Å². The second-order valence-electron chi connectivity index (χ2n) is 6.00. The maximum atomic E-state index is 12.5. The average molecular weight is 411 g/mol. The molecule has 27 heavy (non-hydrogen) atoms. The molecule has 7 nitrogen and oxygen atoms in total. The van der Waals surface area contributed by atoms with Gasteiger partial charge in [0.1, 0.15) is 0 Å². The number of nitrogens with one attached hydrogen (secondary N) is 2. The third-order valence-electron chi connectivity index (χ3n) is 4.22. The van der Waals surface area contributed by atoms with Crippen LogP contribution in [0.2, 0.25) is 5.02 Å². The number of ether oxygens (including phenoxy) is 2. The summed E-state index contributed by atoms with van der Waals surface area (Å²) in [4.78, 5) is 11.9. The van der Waals surface area contributed by atoms with Crippen molar-refractivity contribution >= 4 is 33.3 Å². The maximum absolute atomic E-state index is 12.5. The van der Waals surface area contributed by atoms with Crippen LogP contribution in [-0.4, -0.2) is 20.2 Å². The molecular formula is C18H19ClN2O5S. The molecule has 2 amide bonds. The number of amides is 2. The zero-order valence-corrected chi connectivity index (χ0v) is 16.4. The normalized spacial score (nSPS) is 14.6. The van der Waals surface area contributed by atoms with Crippen LogP contribution in [0.25, 0.3) is 0 Å². The third kappa shape index (κ3) is 4.12. The number of carbonyl (C=O) groups is 1. The molecular weight excluding hydrogens is 392 g/mol. The molecule has 0 bridgehead atoms. The van der Waals surface area contributed by atoms with Crippen LogP contribution in [0.4, 0.5) is 10.5 Å². The molecule has 2 N–H and O–H groups in total. The second-order valence-corrected chi connectivity index (χ2v) is 8.12. The molecule has 0 spiro atoms. The summed E-state index contributed by atoms with van der Waals surface area (Å²) in [6.07, 6.45) is 1.23. The van der Waals surface area contributed by atoms with Gasteiger partial charge in [0.25, 0.3) is 15.8 Å². The Labute approximate surface area is 162 Å². The molecule has 144 valence electrons. The number of hydrogen-bond acceptors (Lipinski definition) is 5. The van der Waals surface area contributed by atoms with E-state index in [1.807, 2.05) is 18.6 Å². The SMILES string of the molecule is CCC1(CC)Oc2ccc(S(=O)(=O)NC(=O)Nc3ccc(Cl)cc3)cc2O1. The number of anilines is 1. The largest absolute Gasteiger partial charge is 0.448 e. The molecule has 0 atom stereocenters. The van der Waals surface area contributed by atoms with Crippen molar-refractivity contribution in [3.05, 3.63) is 47.5 Å². The van der Waals surface area contributed by atoms with Gasteiger partial charge < -0.3 is 14.8 Å². The van der Waals surface area contributed by atoms with Gasteiger partial charge in [0.15, 0.2) is 11.5 Å². The Morgan fingerprint density at radius 2 is 1.67 bits per heavy atom. The fourth-order valence-electron chi connectivity index (χ4n) is 2.65. The Morgan fingerprint density at radius 3 is 2.30 bits per heavy atom. The number of halogens is 1. The van der Waals surface area contributed by atoms with E-state index in [-0.39, 0.29) is 4.90 Å². The molecule has 0 saturated heterocycles. The van der Waals surface area contributed by atoms with Crippen LogP contribution < -0.4 is 19.5 Å². The third-order valence-corrected chi connectivity index (χ3v) is 5.80. The number of hydrogen-bond donors (Lipinski definition) is 2. The van der Waals surface area contributed by atoms with Crippen molar-refractivity contribution in [3.8, 4) is 11.5 Å². The molecule has 2 aromatic rings. The maximum Gasteiger partial charge on any atom is 0.333 e. The van der Waals surface area contributed by atoms with Crippen LogP contribution in [0.15, 0.2) is 47.4 Å². The highest BCUT2D eigenvalue weighted by Gasteiger charge is 2.38. The van der Waals surface area contributed by atoms with Crippen molar-refractivity contribution in [1.29, 1.82) is 0 Å². The highest BCUT2D eigenvalue weighted by molar-refractivity contribution is 7.90. The number of benzene rings is 2. The van der Waals surface area contributed by atoms with Crippen molar-refractivity contribution in [2.75, 3.05) is 5.32 Å². The summed E-state index contributed by atoms with van der Waals surface area (Å²) >= 11 is 5.78. The summed E-state index contributed by atoms with van der Waals surface area (Å²) in [5.41, 5.74) is 0.411. The fourth-order valence-corrected chi connectivity index (χ4v) is 3.70. The van der Waals surface area contributed by atoms with Crippen LogP contribution in [0.5, 0.6) is 11.5 Å². The summed E-state index contributed by atoms with van der Waals surface area (Å²) in [6.45, 7) is 3.85. The second kappa shape index (κ2) is 7.28. The first-order valence-electron chi connectivity index (χ1n) is 8.38. The Kier molecular flexibility index (Phi) is 5.21. The quantitative estimate of drug-likeness (QED) is 0.772. The number of rotatable bonds is 5. The molecule has 9 heteroatoms. The number of sulfonamides is 1. The number of carbonyl (C=O) groups excluding carboxylic acids is 1. The topological polar surface area (TPSA) is 93.7 Å². The number of fused-ring (bicyclic) bond motifs is 1. The zero-order valence-electron chi connectivity index (χ0n) is 14.8. The molecule has 0 aliphatic carbocycles. The van der Waals surface area contributed by atoms with E-state index in [2.05, 4.69) is 5.32 Å². The lowest BCUT2D eigenvalue weighted by atomic mass is 10.1. The van der Waals surface area contributed by atoms with Crippen molar-refractivity contribution in [1.82, 2.24) is 4.72 Å². The van der Waals surface area contributed by atoms with E-state index < -0.39 is 21.8 Å². The summed E-state index contributed by atoms with van der Waals surface area (Å²) < 4.78 is 38.6.